The predicted octanol–water partition coefficient (Wildman–Crippen LogP) is 3.07. The van der Waals surface area contributed by atoms with Crippen LogP contribution in [-0.2, 0) is 4.74 Å². The molecule has 124 valence electrons. The fourth-order valence-electron chi connectivity index (χ4n) is 1.87. The molecule has 1 aromatic rings. The van der Waals surface area contributed by atoms with Gasteiger partial charge >= 0.3 is 0 Å². The topological polar surface area (TPSA) is 45.7 Å². The van der Waals surface area contributed by atoms with Crippen LogP contribution in [0, 0.1) is 0 Å². The Labute approximate surface area is 139 Å². The molecule has 1 atom stereocenters. The first kappa shape index (κ1) is 18.8. The first-order valence-corrected chi connectivity index (χ1v) is 8.90. The maximum absolute atomic E-state index is 5.58. The summed E-state index contributed by atoms with van der Waals surface area (Å²) in [4.78, 5) is 4.67. The Morgan fingerprint density at radius 2 is 1.95 bits per heavy atom. The lowest BCUT2D eigenvalue weighted by Crippen LogP contribution is -2.40. The van der Waals surface area contributed by atoms with Crippen LogP contribution >= 0.6 is 11.8 Å². The van der Waals surface area contributed by atoms with Crippen molar-refractivity contribution in [3.8, 4) is 0 Å². The molecule has 0 bridgehead atoms. The van der Waals surface area contributed by atoms with Crippen LogP contribution in [0.25, 0.3) is 0 Å². The Balaban J connectivity index is 2.64. The maximum Gasteiger partial charge on any atom is 0.191 e. The van der Waals surface area contributed by atoms with Gasteiger partial charge in [-0.15, -0.1) is 0 Å². The van der Waals surface area contributed by atoms with Gasteiger partial charge in [-0.3, -0.25) is 4.99 Å². The largest absolute Gasteiger partial charge is 0.375 e. The van der Waals surface area contributed by atoms with Crippen molar-refractivity contribution in [3.63, 3.8) is 0 Å². The third-order valence-corrected chi connectivity index (χ3v) is 4.66. The zero-order valence-electron chi connectivity index (χ0n) is 14.3. The van der Waals surface area contributed by atoms with E-state index in [9.17, 15) is 0 Å². The van der Waals surface area contributed by atoms with Crippen molar-refractivity contribution in [3.05, 3.63) is 35.9 Å². The molecule has 1 aromatic carbocycles. The van der Waals surface area contributed by atoms with Gasteiger partial charge in [-0.1, -0.05) is 30.3 Å². The highest BCUT2D eigenvalue weighted by molar-refractivity contribution is 7.99. The minimum atomic E-state index is 0.0126. The Kier molecular flexibility index (Phi) is 8.35. The SMILES string of the molecule is CCNC(=NCC(C)(C)SC)NCC(OC)c1ccccc1. The molecule has 0 saturated heterocycles. The van der Waals surface area contributed by atoms with Crippen LogP contribution in [0.5, 0.6) is 0 Å². The van der Waals surface area contributed by atoms with Gasteiger partial charge in [0.1, 0.15) is 0 Å². The lowest BCUT2D eigenvalue weighted by molar-refractivity contribution is 0.106. The van der Waals surface area contributed by atoms with Crippen molar-refractivity contribution < 1.29 is 4.74 Å². The van der Waals surface area contributed by atoms with Gasteiger partial charge in [-0.05, 0) is 32.6 Å². The molecule has 0 saturated carbocycles. The van der Waals surface area contributed by atoms with Crippen LogP contribution in [0.15, 0.2) is 35.3 Å². The van der Waals surface area contributed by atoms with E-state index < -0.39 is 0 Å². The number of hydrogen-bond acceptors (Lipinski definition) is 3. The summed E-state index contributed by atoms with van der Waals surface area (Å²) in [5.41, 5.74) is 1.16. The second-order valence-electron chi connectivity index (χ2n) is 5.67. The summed E-state index contributed by atoms with van der Waals surface area (Å²) in [7, 11) is 1.74. The summed E-state index contributed by atoms with van der Waals surface area (Å²) in [5.74, 6) is 0.836. The van der Waals surface area contributed by atoms with Gasteiger partial charge in [0.05, 0.1) is 12.6 Å². The van der Waals surface area contributed by atoms with Gasteiger partial charge in [0.25, 0.3) is 0 Å². The molecule has 22 heavy (non-hydrogen) atoms. The molecule has 5 heteroatoms. The monoisotopic (exact) mass is 323 g/mol. The van der Waals surface area contributed by atoms with E-state index in [-0.39, 0.29) is 10.9 Å². The standard InChI is InChI=1S/C17H29N3OS/c1-6-18-16(20-13-17(2,3)22-5)19-12-15(21-4)14-10-8-7-9-11-14/h7-11,15H,6,12-13H2,1-5H3,(H2,18,19,20). The molecule has 0 amide bonds. The zero-order chi connectivity index (χ0) is 16.4. The molecule has 1 unspecified atom stereocenters. The summed E-state index contributed by atoms with van der Waals surface area (Å²) in [6.45, 7) is 8.77. The summed E-state index contributed by atoms with van der Waals surface area (Å²) < 4.78 is 5.72. The number of benzene rings is 1. The fraction of sp³-hybridized carbons (Fsp3) is 0.588. The van der Waals surface area contributed by atoms with E-state index in [0.717, 1.165) is 24.6 Å². The number of ether oxygens (including phenoxy) is 1. The highest BCUT2D eigenvalue weighted by Gasteiger charge is 2.16. The van der Waals surface area contributed by atoms with E-state index in [1.165, 1.54) is 0 Å². The molecule has 0 fully saturated rings. The second-order valence-corrected chi connectivity index (χ2v) is 7.19. The third-order valence-electron chi connectivity index (χ3n) is 3.43. The number of thioether (sulfide) groups is 1. The van der Waals surface area contributed by atoms with Crippen molar-refractivity contribution in [2.75, 3.05) is 33.0 Å². The van der Waals surface area contributed by atoms with Gasteiger partial charge in [0, 0.05) is 24.9 Å². The molecule has 0 aliphatic rings. The highest BCUT2D eigenvalue weighted by Crippen LogP contribution is 2.21. The Morgan fingerprint density at radius 3 is 2.50 bits per heavy atom. The minimum Gasteiger partial charge on any atom is -0.375 e. The van der Waals surface area contributed by atoms with Crippen LogP contribution in [-0.4, -0.2) is 43.7 Å². The molecular formula is C17H29N3OS. The van der Waals surface area contributed by atoms with Crippen molar-refractivity contribution in [1.82, 2.24) is 10.6 Å². The number of nitrogens with one attached hydrogen (secondary N) is 2. The van der Waals surface area contributed by atoms with Crippen molar-refractivity contribution >= 4 is 17.7 Å². The van der Waals surface area contributed by atoms with Crippen LogP contribution in [0.3, 0.4) is 0 Å². The van der Waals surface area contributed by atoms with Crippen molar-refractivity contribution in [2.24, 2.45) is 4.99 Å². The van der Waals surface area contributed by atoms with Crippen LogP contribution < -0.4 is 10.6 Å². The van der Waals surface area contributed by atoms with E-state index in [1.807, 2.05) is 30.0 Å². The number of hydrogen-bond donors (Lipinski definition) is 2. The number of methoxy groups -OCH3 is 1. The summed E-state index contributed by atoms with van der Waals surface area (Å²) in [6.07, 6.45) is 2.13. The average Bonchev–Trinajstić information content (AvgIpc) is 2.54. The molecule has 2 N–H and O–H groups in total. The van der Waals surface area contributed by atoms with Gasteiger partial charge in [-0.2, -0.15) is 11.8 Å². The Bertz CT molecular complexity index is 448. The minimum absolute atomic E-state index is 0.0126. The van der Waals surface area contributed by atoms with Gasteiger partial charge < -0.3 is 15.4 Å². The maximum atomic E-state index is 5.58. The molecule has 0 radical (unpaired) electrons. The Morgan fingerprint density at radius 1 is 1.27 bits per heavy atom. The smallest absolute Gasteiger partial charge is 0.191 e. The van der Waals surface area contributed by atoms with Crippen LogP contribution in [0.4, 0.5) is 0 Å². The lowest BCUT2D eigenvalue weighted by Gasteiger charge is -2.22. The molecule has 0 heterocycles. The van der Waals surface area contributed by atoms with Crippen LogP contribution in [0.2, 0.25) is 0 Å². The number of aliphatic imine (C=N–C) groups is 1. The van der Waals surface area contributed by atoms with Gasteiger partial charge in [-0.25, -0.2) is 0 Å². The quantitative estimate of drug-likeness (QED) is 0.570. The number of guanidine groups is 1. The van der Waals surface area contributed by atoms with Gasteiger partial charge in [0.15, 0.2) is 5.96 Å². The average molecular weight is 324 g/mol. The first-order chi connectivity index (χ1) is 10.5. The number of nitrogens with zero attached hydrogens (tertiary/aromatic N) is 1. The molecule has 0 aliphatic heterocycles. The predicted molar refractivity (Wildman–Crippen MR) is 97.8 cm³/mol. The van der Waals surface area contributed by atoms with E-state index in [2.05, 4.69) is 54.8 Å². The zero-order valence-corrected chi connectivity index (χ0v) is 15.2. The highest BCUT2D eigenvalue weighted by atomic mass is 32.2. The van der Waals surface area contributed by atoms with E-state index in [0.29, 0.717) is 6.54 Å². The fourth-order valence-corrected chi connectivity index (χ4v) is 2.06. The molecule has 4 nitrogen and oxygen atoms in total. The lowest BCUT2D eigenvalue weighted by atomic mass is 10.1. The van der Waals surface area contributed by atoms with Crippen molar-refractivity contribution in [2.45, 2.75) is 31.6 Å². The molecule has 0 aromatic heterocycles. The molecule has 0 aliphatic carbocycles. The van der Waals surface area contributed by atoms with E-state index >= 15 is 0 Å². The summed E-state index contributed by atoms with van der Waals surface area (Å²) >= 11 is 1.83. The first-order valence-electron chi connectivity index (χ1n) is 7.67. The summed E-state index contributed by atoms with van der Waals surface area (Å²) in [6, 6.07) is 10.2. The van der Waals surface area contributed by atoms with E-state index in [4.69, 9.17) is 4.74 Å². The summed E-state index contributed by atoms with van der Waals surface area (Å²) in [5, 5.41) is 6.66. The molecule has 1 rings (SSSR count). The third kappa shape index (κ3) is 6.71. The van der Waals surface area contributed by atoms with Crippen molar-refractivity contribution in [1.29, 1.82) is 0 Å². The molecule has 0 spiro atoms. The number of rotatable bonds is 8. The van der Waals surface area contributed by atoms with Crippen LogP contribution in [0.1, 0.15) is 32.4 Å². The van der Waals surface area contributed by atoms with Gasteiger partial charge in [0.2, 0.25) is 0 Å². The second kappa shape index (κ2) is 9.74. The normalized spacial score (nSPS) is 13.8. The van der Waals surface area contributed by atoms with E-state index in [1.54, 1.807) is 7.11 Å². The Hall–Kier alpha value is -1.20. The molecular weight excluding hydrogens is 294 g/mol.